The van der Waals surface area contributed by atoms with E-state index in [-0.39, 0.29) is 16.5 Å². The van der Waals surface area contributed by atoms with Crippen LogP contribution in [0.15, 0.2) is 62.6 Å². The van der Waals surface area contributed by atoms with Gasteiger partial charge in [-0.25, -0.2) is 17.9 Å². The third kappa shape index (κ3) is 3.83. The molecule has 7 heteroatoms. The van der Waals surface area contributed by atoms with Crippen molar-refractivity contribution in [3.63, 3.8) is 0 Å². The summed E-state index contributed by atoms with van der Waals surface area (Å²) in [5, 5.41) is 0. The van der Waals surface area contributed by atoms with Crippen molar-refractivity contribution in [1.82, 2.24) is 9.29 Å². The van der Waals surface area contributed by atoms with Gasteiger partial charge in [0.2, 0.25) is 10.0 Å². The number of sulfonamides is 1. The van der Waals surface area contributed by atoms with Gasteiger partial charge in [0.25, 0.3) is 0 Å². The van der Waals surface area contributed by atoms with E-state index < -0.39 is 15.8 Å². The summed E-state index contributed by atoms with van der Waals surface area (Å²) < 4.78 is 34.2. The molecule has 0 aliphatic heterocycles. The smallest absolute Gasteiger partial charge is 0.408 e. The number of hydrogen-bond donors (Lipinski definition) is 1. The summed E-state index contributed by atoms with van der Waals surface area (Å²) in [7, 11) is -2.10. The molecule has 0 bridgehead atoms. The van der Waals surface area contributed by atoms with Gasteiger partial charge in [0.1, 0.15) is 0 Å². The van der Waals surface area contributed by atoms with E-state index in [2.05, 4.69) is 4.72 Å². The summed E-state index contributed by atoms with van der Waals surface area (Å²) >= 11 is 0. The standard InChI is InChI=1S/C18H20N2O4S/c1-13(8-9-14-6-4-3-5-7-14)19-25(22,23)15-10-11-16-17(12-15)24-18(21)20(16)2/h3-7,10-13,19H,8-9H2,1-2H3/t13-/m0/s1. The topological polar surface area (TPSA) is 81.3 Å². The molecule has 2 aromatic carbocycles. The van der Waals surface area contributed by atoms with Gasteiger partial charge >= 0.3 is 5.76 Å². The van der Waals surface area contributed by atoms with Crippen LogP contribution in [0.25, 0.3) is 11.1 Å². The van der Waals surface area contributed by atoms with Crippen molar-refractivity contribution in [2.45, 2.75) is 30.7 Å². The van der Waals surface area contributed by atoms with E-state index in [0.717, 1.165) is 6.42 Å². The van der Waals surface area contributed by atoms with Crippen molar-refractivity contribution in [3.8, 4) is 0 Å². The maximum absolute atomic E-state index is 12.6. The summed E-state index contributed by atoms with van der Waals surface area (Å²) in [6.07, 6.45) is 1.48. The molecule has 1 aromatic heterocycles. The van der Waals surface area contributed by atoms with Crippen LogP contribution in [-0.2, 0) is 23.5 Å². The molecule has 0 aliphatic rings. The van der Waals surface area contributed by atoms with Crippen molar-refractivity contribution in [3.05, 3.63) is 64.6 Å². The number of benzene rings is 2. The average molecular weight is 360 g/mol. The Morgan fingerprint density at radius 3 is 2.60 bits per heavy atom. The monoisotopic (exact) mass is 360 g/mol. The molecule has 0 amide bonds. The van der Waals surface area contributed by atoms with Gasteiger partial charge in [0.05, 0.1) is 10.4 Å². The maximum atomic E-state index is 12.6. The van der Waals surface area contributed by atoms with Gasteiger partial charge < -0.3 is 4.42 Å². The fourth-order valence-electron chi connectivity index (χ4n) is 2.70. The quantitative estimate of drug-likeness (QED) is 0.732. The fraction of sp³-hybridized carbons (Fsp3) is 0.278. The fourth-order valence-corrected chi connectivity index (χ4v) is 3.99. The molecule has 0 fully saturated rings. The Bertz CT molecular complexity index is 1040. The van der Waals surface area contributed by atoms with Crippen LogP contribution in [0.1, 0.15) is 18.9 Å². The van der Waals surface area contributed by atoms with Gasteiger partial charge in [0, 0.05) is 19.2 Å². The second-order valence-electron chi connectivity index (χ2n) is 6.10. The second-order valence-corrected chi connectivity index (χ2v) is 7.82. The lowest BCUT2D eigenvalue weighted by molar-refractivity contribution is 0.526. The van der Waals surface area contributed by atoms with Gasteiger partial charge in [-0.15, -0.1) is 0 Å². The molecule has 0 radical (unpaired) electrons. The summed E-state index contributed by atoms with van der Waals surface area (Å²) in [5.74, 6) is -0.520. The van der Waals surface area contributed by atoms with Crippen LogP contribution in [0.3, 0.4) is 0 Å². The molecular formula is C18H20N2O4S. The first-order chi connectivity index (χ1) is 11.9. The first-order valence-electron chi connectivity index (χ1n) is 8.02. The van der Waals surface area contributed by atoms with Gasteiger partial charge in [-0.05, 0) is 37.5 Å². The number of nitrogens with zero attached hydrogens (tertiary/aromatic N) is 1. The minimum atomic E-state index is -3.68. The highest BCUT2D eigenvalue weighted by atomic mass is 32.2. The van der Waals surface area contributed by atoms with Crippen molar-refractivity contribution < 1.29 is 12.8 Å². The molecular weight excluding hydrogens is 340 g/mol. The minimum Gasteiger partial charge on any atom is -0.408 e. The number of fused-ring (bicyclic) bond motifs is 1. The van der Waals surface area contributed by atoms with Crippen LogP contribution in [0.5, 0.6) is 0 Å². The van der Waals surface area contributed by atoms with Gasteiger partial charge in [-0.2, -0.15) is 0 Å². The lowest BCUT2D eigenvalue weighted by Gasteiger charge is -2.14. The largest absolute Gasteiger partial charge is 0.419 e. The van der Waals surface area contributed by atoms with E-state index in [0.29, 0.717) is 11.9 Å². The summed E-state index contributed by atoms with van der Waals surface area (Å²) in [5.41, 5.74) is 1.98. The van der Waals surface area contributed by atoms with Crippen molar-refractivity contribution in [2.24, 2.45) is 7.05 Å². The molecule has 25 heavy (non-hydrogen) atoms. The molecule has 1 atom stereocenters. The van der Waals surface area contributed by atoms with E-state index in [1.807, 2.05) is 37.3 Å². The third-order valence-electron chi connectivity index (χ3n) is 4.14. The third-order valence-corrected chi connectivity index (χ3v) is 5.73. The highest BCUT2D eigenvalue weighted by Gasteiger charge is 2.19. The lowest BCUT2D eigenvalue weighted by atomic mass is 10.1. The SMILES string of the molecule is C[C@@H](CCc1ccccc1)NS(=O)(=O)c1ccc2c(c1)oc(=O)n2C. The molecule has 6 nitrogen and oxygen atoms in total. The lowest BCUT2D eigenvalue weighted by Crippen LogP contribution is -2.32. The van der Waals surface area contributed by atoms with E-state index in [1.165, 1.54) is 22.3 Å². The molecule has 0 saturated carbocycles. The predicted molar refractivity (Wildman–Crippen MR) is 96.0 cm³/mol. The first-order valence-corrected chi connectivity index (χ1v) is 9.51. The number of aryl methyl sites for hydroxylation is 2. The minimum absolute atomic E-state index is 0.0842. The zero-order chi connectivity index (χ0) is 18.0. The average Bonchev–Trinajstić information content (AvgIpc) is 2.87. The van der Waals surface area contributed by atoms with Crippen LogP contribution < -0.4 is 10.5 Å². The highest BCUT2D eigenvalue weighted by Crippen LogP contribution is 2.18. The Balaban J connectivity index is 1.73. The Labute approximate surface area is 146 Å². The van der Waals surface area contributed by atoms with Gasteiger partial charge in [-0.1, -0.05) is 30.3 Å². The number of hydrogen-bond acceptors (Lipinski definition) is 4. The Hall–Kier alpha value is -2.38. The van der Waals surface area contributed by atoms with Crippen LogP contribution in [0, 0.1) is 0 Å². The molecule has 0 saturated heterocycles. The van der Waals surface area contributed by atoms with Crippen LogP contribution in [-0.4, -0.2) is 19.0 Å². The second kappa shape index (κ2) is 6.85. The van der Waals surface area contributed by atoms with E-state index >= 15 is 0 Å². The van der Waals surface area contributed by atoms with Crippen molar-refractivity contribution >= 4 is 21.1 Å². The number of rotatable bonds is 6. The van der Waals surface area contributed by atoms with Crippen LogP contribution >= 0.6 is 0 Å². The van der Waals surface area contributed by atoms with E-state index in [4.69, 9.17) is 4.42 Å². The highest BCUT2D eigenvalue weighted by molar-refractivity contribution is 7.89. The van der Waals surface area contributed by atoms with Crippen molar-refractivity contribution in [2.75, 3.05) is 0 Å². The summed E-state index contributed by atoms with van der Waals surface area (Å²) in [6.45, 7) is 1.83. The van der Waals surface area contributed by atoms with Crippen molar-refractivity contribution in [1.29, 1.82) is 0 Å². The molecule has 3 aromatic rings. The number of oxazole rings is 1. The Morgan fingerprint density at radius 2 is 1.88 bits per heavy atom. The first kappa shape index (κ1) is 17.4. The Morgan fingerprint density at radius 1 is 1.16 bits per heavy atom. The summed E-state index contributed by atoms with van der Waals surface area (Å²) in [4.78, 5) is 11.6. The molecule has 1 N–H and O–H groups in total. The zero-order valence-electron chi connectivity index (χ0n) is 14.1. The molecule has 1 heterocycles. The molecule has 132 valence electrons. The zero-order valence-corrected chi connectivity index (χ0v) is 14.9. The molecule has 0 unspecified atom stereocenters. The van der Waals surface area contributed by atoms with Crippen LogP contribution in [0.4, 0.5) is 0 Å². The predicted octanol–water partition coefficient (Wildman–Crippen LogP) is 2.43. The number of nitrogens with one attached hydrogen (secondary N) is 1. The maximum Gasteiger partial charge on any atom is 0.419 e. The molecule has 3 rings (SSSR count). The van der Waals surface area contributed by atoms with E-state index in [1.54, 1.807) is 13.1 Å². The normalized spacial score (nSPS) is 13.2. The molecule has 0 spiro atoms. The van der Waals surface area contributed by atoms with Gasteiger partial charge in [-0.3, -0.25) is 4.57 Å². The van der Waals surface area contributed by atoms with E-state index in [9.17, 15) is 13.2 Å². The summed E-state index contributed by atoms with van der Waals surface area (Å²) in [6, 6.07) is 14.1. The number of aromatic nitrogens is 1. The van der Waals surface area contributed by atoms with Crippen LogP contribution in [0.2, 0.25) is 0 Å². The Kier molecular flexibility index (Phi) is 4.78. The van der Waals surface area contributed by atoms with Gasteiger partial charge in [0.15, 0.2) is 5.58 Å². The molecule has 0 aliphatic carbocycles.